The van der Waals surface area contributed by atoms with Crippen LogP contribution in [0.3, 0.4) is 0 Å². The molecular formula is C38H37ClF2N8O2. The van der Waals surface area contributed by atoms with E-state index in [-0.39, 0.29) is 35.8 Å². The summed E-state index contributed by atoms with van der Waals surface area (Å²) in [6.45, 7) is 6.03. The standard InChI is InChI=1S/C38H37ClF2N8O2/c1-22-16-26(44-23(2)43-22)10-11-31(50)48-15-12-27(20-48)45-36-29-18-42-34(28-8-3-6-24-7-4-9-30(39)32(24)28)33(41)35(29)46-37(47-36)51-21-38-13-5-14-49(38)19-25(40)17-38/h3-4,6-11,16,18,25,27H,5,12-15,17,19-21H2,1-2H3,(H,45,46,47)/t25-,27-,38+/m1/s1. The van der Waals surface area contributed by atoms with E-state index in [4.69, 9.17) is 21.3 Å². The van der Waals surface area contributed by atoms with E-state index in [9.17, 15) is 9.18 Å². The first-order valence-corrected chi connectivity index (χ1v) is 17.7. The number of fused-ring (bicyclic) bond motifs is 3. The fourth-order valence-electron chi connectivity index (χ4n) is 7.90. The Hall–Kier alpha value is -4.81. The molecule has 0 aliphatic carbocycles. The number of pyridine rings is 1. The third-order valence-corrected chi connectivity index (χ3v) is 10.5. The first-order valence-electron chi connectivity index (χ1n) is 17.3. The monoisotopic (exact) mass is 710 g/mol. The predicted octanol–water partition coefficient (Wildman–Crippen LogP) is 6.73. The van der Waals surface area contributed by atoms with Crippen LogP contribution in [0.5, 0.6) is 6.01 Å². The molecule has 3 atom stereocenters. The highest BCUT2D eigenvalue weighted by Crippen LogP contribution is 2.41. The SMILES string of the molecule is Cc1cc(C=CC(=O)N2CC[C@@H](Nc3nc(OC[C@@]45CCCN4C[C@H](F)C5)nc4c(F)c(-c5cccc6cccc(Cl)c56)ncc34)C2)nc(C)n1. The number of aryl methyl sites for hydroxylation is 2. The maximum atomic E-state index is 16.7. The highest BCUT2D eigenvalue weighted by molar-refractivity contribution is 6.36. The van der Waals surface area contributed by atoms with Gasteiger partial charge < -0.3 is 15.0 Å². The molecule has 262 valence electrons. The van der Waals surface area contributed by atoms with E-state index in [1.165, 1.54) is 6.08 Å². The van der Waals surface area contributed by atoms with Crippen LogP contribution in [0.25, 0.3) is 39.0 Å². The van der Waals surface area contributed by atoms with Crippen molar-refractivity contribution in [1.82, 2.24) is 34.7 Å². The number of rotatable bonds is 8. The number of amides is 1. The molecule has 0 saturated carbocycles. The molecule has 0 radical (unpaired) electrons. The summed E-state index contributed by atoms with van der Waals surface area (Å²) in [6, 6.07) is 12.7. The molecule has 0 bridgehead atoms. The number of likely N-dealkylation sites (tertiary alicyclic amines) is 1. The van der Waals surface area contributed by atoms with Gasteiger partial charge in [-0.05, 0) is 63.2 Å². The Kier molecular flexibility index (Phi) is 8.75. The summed E-state index contributed by atoms with van der Waals surface area (Å²) in [5, 5.41) is 5.84. The second kappa shape index (κ2) is 13.4. The molecular weight excluding hydrogens is 674 g/mol. The number of carbonyl (C=O) groups excluding carboxylic acids is 1. The van der Waals surface area contributed by atoms with E-state index in [2.05, 4.69) is 30.2 Å². The van der Waals surface area contributed by atoms with Crippen molar-refractivity contribution in [3.8, 4) is 17.3 Å². The van der Waals surface area contributed by atoms with Crippen LogP contribution < -0.4 is 10.1 Å². The molecule has 8 rings (SSSR count). The van der Waals surface area contributed by atoms with Gasteiger partial charge in [0.25, 0.3) is 0 Å². The highest BCUT2D eigenvalue weighted by atomic mass is 35.5. The summed E-state index contributed by atoms with van der Waals surface area (Å²) in [5.74, 6) is 0.214. The van der Waals surface area contributed by atoms with Crippen molar-refractivity contribution in [1.29, 1.82) is 0 Å². The largest absolute Gasteiger partial charge is 0.461 e. The molecule has 6 heterocycles. The Bertz CT molecular complexity index is 2180. The zero-order valence-electron chi connectivity index (χ0n) is 28.4. The lowest BCUT2D eigenvalue weighted by Gasteiger charge is -2.30. The average Bonchev–Trinajstić information content (AvgIpc) is 3.81. The van der Waals surface area contributed by atoms with Crippen LogP contribution in [-0.4, -0.2) is 91.2 Å². The smallest absolute Gasteiger partial charge is 0.319 e. The van der Waals surface area contributed by atoms with Gasteiger partial charge in [-0.25, -0.2) is 18.7 Å². The predicted molar refractivity (Wildman–Crippen MR) is 193 cm³/mol. The quantitative estimate of drug-likeness (QED) is 0.176. The van der Waals surface area contributed by atoms with Crippen LogP contribution in [0.2, 0.25) is 5.02 Å². The van der Waals surface area contributed by atoms with Crippen LogP contribution in [0.15, 0.2) is 54.7 Å². The van der Waals surface area contributed by atoms with E-state index in [0.29, 0.717) is 71.2 Å². The van der Waals surface area contributed by atoms with Crippen LogP contribution in [0.1, 0.15) is 42.9 Å². The van der Waals surface area contributed by atoms with Gasteiger partial charge in [0.1, 0.15) is 35.6 Å². The van der Waals surface area contributed by atoms with Gasteiger partial charge in [0.2, 0.25) is 5.91 Å². The third kappa shape index (κ3) is 6.46. The summed E-state index contributed by atoms with van der Waals surface area (Å²) in [5.41, 5.74) is 1.74. The zero-order valence-corrected chi connectivity index (χ0v) is 29.1. The van der Waals surface area contributed by atoms with Crippen molar-refractivity contribution in [3.63, 3.8) is 0 Å². The highest BCUT2D eigenvalue weighted by Gasteiger charge is 2.49. The normalized spacial score (nSPS) is 22.0. The number of aromatic nitrogens is 5. The molecule has 3 aromatic heterocycles. The maximum absolute atomic E-state index is 16.7. The van der Waals surface area contributed by atoms with E-state index in [1.54, 1.807) is 29.3 Å². The maximum Gasteiger partial charge on any atom is 0.319 e. The molecule has 3 fully saturated rings. The Morgan fingerprint density at radius 3 is 2.80 bits per heavy atom. The Labute approximate surface area is 298 Å². The molecule has 13 heteroatoms. The number of ether oxygens (including phenoxy) is 1. The molecule has 10 nitrogen and oxygen atoms in total. The lowest BCUT2D eigenvalue weighted by Crippen LogP contribution is -2.43. The number of alkyl halides is 1. The molecule has 0 spiro atoms. The molecule has 0 unspecified atom stereocenters. The van der Waals surface area contributed by atoms with Gasteiger partial charge in [0.05, 0.1) is 16.6 Å². The van der Waals surface area contributed by atoms with Crippen LogP contribution in [0.4, 0.5) is 14.6 Å². The van der Waals surface area contributed by atoms with Gasteiger partial charge in [-0.2, -0.15) is 9.97 Å². The Balaban J connectivity index is 1.11. The van der Waals surface area contributed by atoms with E-state index in [1.807, 2.05) is 44.2 Å². The van der Waals surface area contributed by atoms with Gasteiger partial charge >= 0.3 is 6.01 Å². The number of nitrogens with one attached hydrogen (secondary N) is 1. The zero-order chi connectivity index (χ0) is 35.3. The summed E-state index contributed by atoms with van der Waals surface area (Å²) in [6.07, 6.45) is 6.66. The van der Waals surface area contributed by atoms with Gasteiger partial charge in [-0.1, -0.05) is 41.9 Å². The van der Waals surface area contributed by atoms with E-state index < -0.39 is 17.5 Å². The molecule has 51 heavy (non-hydrogen) atoms. The molecule has 3 aliphatic rings. The van der Waals surface area contributed by atoms with Gasteiger partial charge in [-0.3, -0.25) is 14.7 Å². The number of carbonyl (C=O) groups is 1. The topological polar surface area (TPSA) is 109 Å². The molecule has 3 aliphatic heterocycles. The summed E-state index contributed by atoms with van der Waals surface area (Å²) in [7, 11) is 0. The van der Waals surface area contributed by atoms with Crippen LogP contribution in [-0.2, 0) is 4.79 Å². The Morgan fingerprint density at radius 2 is 1.96 bits per heavy atom. The van der Waals surface area contributed by atoms with E-state index >= 15 is 4.39 Å². The van der Waals surface area contributed by atoms with Crippen molar-refractivity contribution in [2.45, 2.75) is 57.3 Å². The number of halogens is 3. The fraction of sp³-hybridized carbons (Fsp3) is 0.368. The van der Waals surface area contributed by atoms with Crippen molar-refractivity contribution >= 4 is 51.1 Å². The van der Waals surface area contributed by atoms with Crippen LogP contribution in [0, 0.1) is 19.7 Å². The van der Waals surface area contributed by atoms with Gasteiger partial charge in [0.15, 0.2) is 5.82 Å². The van der Waals surface area contributed by atoms with Gasteiger partial charge in [-0.15, -0.1) is 0 Å². The number of hydrogen-bond donors (Lipinski definition) is 1. The van der Waals surface area contributed by atoms with Crippen LogP contribution >= 0.6 is 11.6 Å². The molecule has 1 N–H and O–H groups in total. The van der Waals surface area contributed by atoms with Crippen molar-refractivity contribution < 1.29 is 18.3 Å². The fourth-order valence-corrected chi connectivity index (χ4v) is 8.19. The third-order valence-electron chi connectivity index (χ3n) is 10.2. The number of anilines is 1. The summed E-state index contributed by atoms with van der Waals surface area (Å²) < 4.78 is 37.5. The Morgan fingerprint density at radius 1 is 1.12 bits per heavy atom. The first-order chi connectivity index (χ1) is 24.7. The van der Waals surface area contributed by atoms with Crippen molar-refractivity contribution in [2.75, 3.05) is 38.1 Å². The summed E-state index contributed by atoms with van der Waals surface area (Å²) >= 11 is 6.61. The number of nitrogens with zero attached hydrogens (tertiary/aromatic N) is 7. The molecule has 5 aromatic rings. The lowest BCUT2D eigenvalue weighted by atomic mass is 9.95. The van der Waals surface area contributed by atoms with E-state index in [0.717, 1.165) is 30.5 Å². The second-order valence-corrected chi connectivity index (χ2v) is 14.2. The molecule has 2 aromatic carbocycles. The minimum atomic E-state index is -0.917. The number of benzene rings is 2. The minimum absolute atomic E-state index is 0.00941. The van der Waals surface area contributed by atoms with Gasteiger partial charge in [0, 0.05) is 66.0 Å². The minimum Gasteiger partial charge on any atom is -0.461 e. The van der Waals surface area contributed by atoms with Crippen molar-refractivity contribution in [2.24, 2.45) is 0 Å². The lowest BCUT2D eigenvalue weighted by molar-refractivity contribution is -0.124. The first kappa shape index (κ1) is 33.3. The summed E-state index contributed by atoms with van der Waals surface area (Å²) in [4.78, 5) is 39.6. The van der Waals surface area contributed by atoms with Crippen molar-refractivity contribution in [3.05, 3.63) is 82.8 Å². The average molecular weight is 711 g/mol. The second-order valence-electron chi connectivity index (χ2n) is 13.8. The number of hydrogen-bond acceptors (Lipinski definition) is 9. The molecule has 1 amide bonds. The molecule has 3 saturated heterocycles.